The van der Waals surface area contributed by atoms with Crippen LogP contribution in [0, 0.1) is 0 Å². The van der Waals surface area contributed by atoms with E-state index in [2.05, 4.69) is 5.32 Å². The highest BCUT2D eigenvalue weighted by Crippen LogP contribution is 2.31. The summed E-state index contributed by atoms with van der Waals surface area (Å²) in [6.45, 7) is 7.95. The Bertz CT molecular complexity index is 825. The summed E-state index contributed by atoms with van der Waals surface area (Å²) in [5.74, 6) is -2.57. The first-order chi connectivity index (χ1) is 15.1. The van der Waals surface area contributed by atoms with Crippen molar-refractivity contribution in [2.24, 2.45) is 0 Å². The number of hydrogen-bond acceptors (Lipinski definition) is 10. The molecule has 0 saturated heterocycles. The number of rotatable bonds is 11. The summed E-state index contributed by atoms with van der Waals surface area (Å²) in [5, 5.41) is 12.7. The first kappa shape index (κ1) is 26.7. The molecule has 32 heavy (non-hydrogen) atoms. The normalized spacial score (nSPS) is 13.3. The lowest BCUT2D eigenvalue weighted by atomic mass is 10.00. The van der Waals surface area contributed by atoms with E-state index >= 15 is 0 Å². The fourth-order valence-electron chi connectivity index (χ4n) is 2.63. The van der Waals surface area contributed by atoms with Crippen molar-refractivity contribution in [1.82, 2.24) is 5.32 Å². The van der Waals surface area contributed by atoms with Crippen LogP contribution in [-0.2, 0) is 30.2 Å². The summed E-state index contributed by atoms with van der Waals surface area (Å²) < 4.78 is 24.8. The van der Waals surface area contributed by atoms with Crippen molar-refractivity contribution in [2.45, 2.75) is 59.2 Å². The first-order valence-electron chi connectivity index (χ1n) is 10.1. The average Bonchev–Trinajstić information content (AvgIpc) is 2.69. The zero-order valence-electron chi connectivity index (χ0n) is 18.8. The molecule has 1 aromatic rings. The predicted octanol–water partition coefficient (Wildman–Crippen LogP) is 3.03. The molecule has 0 fully saturated rings. The van der Waals surface area contributed by atoms with Crippen LogP contribution in [0.15, 0.2) is 18.2 Å². The number of aliphatic carboxylic acids is 1. The van der Waals surface area contributed by atoms with Crippen LogP contribution in [0.5, 0.6) is 11.5 Å². The Morgan fingerprint density at radius 3 is 2.03 bits per heavy atom. The molecule has 0 radical (unpaired) electrons. The van der Waals surface area contributed by atoms with E-state index in [-0.39, 0.29) is 37.2 Å². The molecule has 0 saturated carbocycles. The molecule has 0 aliphatic carbocycles. The van der Waals surface area contributed by atoms with E-state index in [4.69, 9.17) is 23.7 Å². The topological polar surface area (TPSA) is 147 Å². The Balaban J connectivity index is 3.37. The van der Waals surface area contributed by atoms with Gasteiger partial charge in [0.05, 0.1) is 13.2 Å². The number of carboxylic acid groups (broad SMARTS) is 1. The summed E-state index contributed by atoms with van der Waals surface area (Å²) in [6.07, 6.45) is -1.82. The van der Waals surface area contributed by atoms with Gasteiger partial charge in [0.25, 0.3) is 5.72 Å². The monoisotopic (exact) mass is 455 g/mol. The molecule has 178 valence electrons. The van der Waals surface area contributed by atoms with Gasteiger partial charge in [0.1, 0.15) is 0 Å². The van der Waals surface area contributed by atoms with Crippen LogP contribution < -0.4 is 14.8 Å². The van der Waals surface area contributed by atoms with Gasteiger partial charge in [-0.15, -0.1) is 0 Å². The third kappa shape index (κ3) is 8.06. The minimum absolute atomic E-state index is 0.0417. The smallest absolute Gasteiger partial charge is 0.477 e. The van der Waals surface area contributed by atoms with Gasteiger partial charge < -0.3 is 28.8 Å². The van der Waals surface area contributed by atoms with E-state index in [0.29, 0.717) is 12.0 Å². The van der Waals surface area contributed by atoms with Crippen molar-refractivity contribution in [3.05, 3.63) is 23.8 Å². The quantitative estimate of drug-likeness (QED) is 0.220. The van der Waals surface area contributed by atoms with Gasteiger partial charge in [-0.1, -0.05) is 13.0 Å². The summed E-state index contributed by atoms with van der Waals surface area (Å²) >= 11 is 0. The standard InChI is InChI=1S/C21H29NO10/c1-6-13(4)22-21(18(24)25,32-14(5)23)12-15-9-10-16(30-19(26)28-7-2)17(11-15)31-20(27)29-8-3/h9-11,13,22H,6-8,12H2,1-5H3,(H,24,25)/t13?,21-/m0/s1. The molecule has 0 bridgehead atoms. The highest BCUT2D eigenvalue weighted by Gasteiger charge is 2.43. The number of esters is 1. The Morgan fingerprint density at radius 1 is 1.00 bits per heavy atom. The van der Waals surface area contributed by atoms with Crippen LogP contribution in [0.25, 0.3) is 0 Å². The van der Waals surface area contributed by atoms with E-state index in [1.54, 1.807) is 20.8 Å². The molecule has 0 spiro atoms. The number of ether oxygens (including phenoxy) is 5. The van der Waals surface area contributed by atoms with Crippen molar-refractivity contribution in [1.29, 1.82) is 0 Å². The van der Waals surface area contributed by atoms with Gasteiger partial charge in [-0.2, -0.15) is 0 Å². The highest BCUT2D eigenvalue weighted by molar-refractivity contribution is 5.81. The Hall–Kier alpha value is -3.34. The minimum atomic E-state index is -2.08. The third-order valence-electron chi connectivity index (χ3n) is 4.13. The number of hydrogen-bond donors (Lipinski definition) is 2. The van der Waals surface area contributed by atoms with Gasteiger partial charge in [0.2, 0.25) is 0 Å². The van der Waals surface area contributed by atoms with Crippen LogP contribution in [0.2, 0.25) is 0 Å². The van der Waals surface area contributed by atoms with Crippen molar-refractivity contribution in [3.63, 3.8) is 0 Å². The number of carbonyl (C=O) groups excluding carboxylic acids is 3. The van der Waals surface area contributed by atoms with Gasteiger partial charge in [-0.3, -0.25) is 10.1 Å². The van der Waals surface area contributed by atoms with E-state index in [1.165, 1.54) is 18.2 Å². The number of nitrogens with one attached hydrogen (secondary N) is 1. The maximum absolute atomic E-state index is 12.1. The molecule has 0 aliphatic rings. The Labute approximate surface area is 185 Å². The van der Waals surface area contributed by atoms with Gasteiger partial charge in [0, 0.05) is 19.4 Å². The van der Waals surface area contributed by atoms with Crippen LogP contribution in [0.3, 0.4) is 0 Å². The fraction of sp³-hybridized carbons (Fsp3) is 0.524. The summed E-state index contributed by atoms with van der Waals surface area (Å²) in [4.78, 5) is 47.3. The molecule has 1 aromatic carbocycles. The van der Waals surface area contributed by atoms with E-state index in [1.807, 2.05) is 6.92 Å². The van der Waals surface area contributed by atoms with Crippen molar-refractivity contribution >= 4 is 24.2 Å². The fourth-order valence-corrected chi connectivity index (χ4v) is 2.63. The van der Waals surface area contributed by atoms with Gasteiger partial charge in [-0.05, 0) is 44.9 Å². The average molecular weight is 455 g/mol. The minimum Gasteiger partial charge on any atom is -0.477 e. The predicted molar refractivity (Wildman–Crippen MR) is 110 cm³/mol. The molecular formula is C21H29NO10. The van der Waals surface area contributed by atoms with Crippen LogP contribution in [-0.4, -0.2) is 54.3 Å². The molecule has 2 N–H and O–H groups in total. The molecule has 1 rings (SSSR count). The Kier molecular flexibility index (Phi) is 10.4. The number of carboxylic acids is 1. The molecule has 11 heteroatoms. The molecule has 1 unspecified atom stereocenters. The van der Waals surface area contributed by atoms with E-state index in [0.717, 1.165) is 6.92 Å². The number of carbonyl (C=O) groups is 4. The summed E-state index contributed by atoms with van der Waals surface area (Å²) in [6, 6.07) is 3.72. The van der Waals surface area contributed by atoms with Crippen LogP contribution in [0.1, 0.15) is 46.6 Å². The second-order valence-corrected chi connectivity index (χ2v) is 6.71. The zero-order chi connectivity index (χ0) is 24.3. The first-order valence-corrected chi connectivity index (χ1v) is 10.1. The summed E-state index contributed by atoms with van der Waals surface area (Å²) in [5.41, 5.74) is -1.77. The maximum atomic E-state index is 12.1. The largest absolute Gasteiger partial charge is 0.513 e. The van der Waals surface area contributed by atoms with Gasteiger partial charge in [0.15, 0.2) is 11.5 Å². The lowest BCUT2D eigenvalue weighted by Crippen LogP contribution is -2.59. The van der Waals surface area contributed by atoms with E-state index < -0.39 is 30.0 Å². The van der Waals surface area contributed by atoms with Gasteiger partial charge in [-0.25, -0.2) is 14.4 Å². The molecular weight excluding hydrogens is 426 g/mol. The SMILES string of the molecule is CCOC(=O)Oc1ccc(C[C@](NC(C)CC)(OC(C)=O)C(=O)O)cc1OC(=O)OCC. The number of benzene rings is 1. The Morgan fingerprint density at radius 2 is 1.56 bits per heavy atom. The van der Waals surface area contributed by atoms with Crippen molar-refractivity contribution in [2.75, 3.05) is 13.2 Å². The molecule has 0 heterocycles. The lowest BCUT2D eigenvalue weighted by molar-refractivity contribution is -0.183. The van der Waals surface area contributed by atoms with Gasteiger partial charge >= 0.3 is 24.2 Å². The summed E-state index contributed by atoms with van der Waals surface area (Å²) in [7, 11) is 0. The van der Waals surface area contributed by atoms with Crippen molar-refractivity contribution in [3.8, 4) is 11.5 Å². The third-order valence-corrected chi connectivity index (χ3v) is 4.13. The van der Waals surface area contributed by atoms with Crippen LogP contribution in [0.4, 0.5) is 9.59 Å². The second kappa shape index (κ2) is 12.5. The zero-order valence-corrected chi connectivity index (χ0v) is 18.8. The van der Waals surface area contributed by atoms with E-state index in [9.17, 15) is 24.3 Å². The lowest BCUT2D eigenvalue weighted by Gasteiger charge is -2.32. The molecule has 0 aromatic heterocycles. The second-order valence-electron chi connectivity index (χ2n) is 6.71. The molecule has 0 amide bonds. The molecule has 2 atom stereocenters. The molecule has 0 aliphatic heterocycles. The molecule has 11 nitrogen and oxygen atoms in total. The highest BCUT2D eigenvalue weighted by atomic mass is 16.7. The van der Waals surface area contributed by atoms with Crippen LogP contribution >= 0.6 is 0 Å². The van der Waals surface area contributed by atoms with Crippen molar-refractivity contribution < 1.29 is 48.0 Å². The maximum Gasteiger partial charge on any atom is 0.513 e.